The number of hydrogen-bond acceptors (Lipinski definition) is 4. The van der Waals surface area contributed by atoms with Crippen LogP contribution in [-0.2, 0) is 11.3 Å². The predicted molar refractivity (Wildman–Crippen MR) is 88.5 cm³/mol. The second-order valence-electron chi connectivity index (χ2n) is 6.36. The van der Waals surface area contributed by atoms with Crippen LogP contribution in [0.25, 0.3) is 5.65 Å². The van der Waals surface area contributed by atoms with Crippen LogP contribution in [0, 0.1) is 6.92 Å². The molecule has 0 aliphatic heterocycles. The molecule has 0 atom stereocenters. The highest BCUT2D eigenvalue weighted by atomic mass is 16.4. The Labute approximate surface area is 136 Å². The van der Waals surface area contributed by atoms with Gasteiger partial charge in [0.1, 0.15) is 5.65 Å². The van der Waals surface area contributed by atoms with Crippen molar-refractivity contribution in [1.29, 1.82) is 0 Å². The van der Waals surface area contributed by atoms with Gasteiger partial charge in [0, 0.05) is 31.0 Å². The molecule has 6 heteroatoms. The lowest BCUT2D eigenvalue weighted by atomic mass is 9.85. The standard InChI is InChI=1S/C17H24N4O2/c1-3-20(11-17(22)23)15-6-13(7-15)18-8-14-10-21-9-12(2)4-5-16(21)19-14/h4-5,9-10,13,15,18H,3,6-8,11H2,1-2H3,(H,22,23). The molecule has 0 bridgehead atoms. The van der Waals surface area contributed by atoms with Gasteiger partial charge in [0.2, 0.25) is 0 Å². The number of carboxylic acid groups (broad SMARTS) is 1. The SMILES string of the molecule is CCN(CC(=O)O)C1CC(NCc2cn3cc(C)ccc3n2)C1. The number of nitrogens with one attached hydrogen (secondary N) is 1. The molecule has 1 aliphatic carbocycles. The maximum Gasteiger partial charge on any atom is 0.317 e. The average Bonchev–Trinajstić information content (AvgIpc) is 2.85. The van der Waals surface area contributed by atoms with Gasteiger partial charge in [-0.1, -0.05) is 13.0 Å². The summed E-state index contributed by atoms with van der Waals surface area (Å²) < 4.78 is 2.06. The topological polar surface area (TPSA) is 69.9 Å². The molecule has 0 spiro atoms. The summed E-state index contributed by atoms with van der Waals surface area (Å²) in [5.74, 6) is -0.747. The lowest BCUT2D eigenvalue weighted by Crippen LogP contribution is -2.53. The zero-order chi connectivity index (χ0) is 16.4. The Balaban J connectivity index is 1.49. The van der Waals surface area contributed by atoms with Gasteiger partial charge < -0.3 is 14.8 Å². The molecule has 1 aliphatic rings. The molecule has 23 heavy (non-hydrogen) atoms. The van der Waals surface area contributed by atoms with Gasteiger partial charge in [-0.05, 0) is 37.9 Å². The van der Waals surface area contributed by atoms with Crippen molar-refractivity contribution in [2.45, 2.75) is 45.3 Å². The van der Waals surface area contributed by atoms with E-state index in [9.17, 15) is 4.79 Å². The Morgan fingerprint density at radius 2 is 2.22 bits per heavy atom. The minimum Gasteiger partial charge on any atom is -0.480 e. The molecule has 3 rings (SSSR count). The zero-order valence-corrected chi connectivity index (χ0v) is 13.7. The van der Waals surface area contributed by atoms with E-state index in [1.54, 1.807) is 0 Å². The van der Waals surface area contributed by atoms with Gasteiger partial charge in [0.05, 0.1) is 12.2 Å². The van der Waals surface area contributed by atoms with Crippen LogP contribution in [0.5, 0.6) is 0 Å². The Kier molecular flexibility index (Phi) is 4.63. The van der Waals surface area contributed by atoms with E-state index in [0.717, 1.165) is 37.3 Å². The third kappa shape index (κ3) is 3.71. The van der Waals surface area contributed by atoms with E-state index in [1.807, 2.05) is 17.9 Å². The fraction of sp³-hybridized carbons (Fsp3) is 0.529. The van der Waals surface area contributed by atoms with Crippen LogP contribution in [0.2, 0.25) is 0 Å². The average molecular weight is 316 g/mol. The summed E-state index contributed by atoms with van der Waals surface area (Å²) in [5, 5.41) is 12.4. The normalized spacial score (nSPS) is 20.8. The molecule has 2 aromatic heterocycles. The number of imidazole rings is 1. The Bertz CT molecular complexity index is 691. The number of hydrogen-bond donors (Lipinski definition) is 2. The van der Waals surface area contributed by atoms with Crippen molar-refractivity contribution in [1.82, 2.24) is 19.6 Å². The molecule has 2 aromatic rings. The van der Waals surface area contributed by atoms with E-state index >= 15 is 0 Å². The van der Waals surface area contributed by atoms with E-state index < -0.39 is 5.97 Å². The quantitative estimate of drug-likeness (QED) is 0.813. The predicted octanol–water partition coefficient (Wildman–Crippen LogP) is 1.67. The van der Waals surface area contributed by atoms with E-state index in [0.29, 0.717) is 12.1 Å². The van der Waals surface area contributed by atoms with Crippen LogP contribution in [0.3, 0.4) is 0 Å². The summed E-state index contributed by atoms with van der Waals surface area (Å²) in [6.07, 6.45) is 6.16. The van der Waals surface area contributed by atoms with E-state index in [1.165, 1.54) is 5.56 Å². The largest absolute Gasteiger partial charge is 0.480 e. The number of carboxylic acids is 1. The van der Waals surface area contributed by atoms with Crippen LogP contribution < -0.4 is 5.32 Å². The van der Waals surface area contributed by atoms with Gasteiger partial charge in [-0.15, -0.1) is 0 Å². The molecule has 6 nitrogen and oxygen atoms in total. The fourth-order valence-corrected chi connectivity index (χ4v) is 3.22. The van der Waals surface area contributed by atoms with Gasteiger partial charge in [0.15, 0.2) is 0 Å². The fourth-order valence-electron chi connectivity index (χ4n) is 3.22. The van der Waals surface area contributed by atoms with Crippen LogP contribution in [-0.4, -0.2) is 50.5 Å². The Hall–Kier alpha value is -1.92. The smallest absolute Gasteiger partial charge is 0.317 e. The van der Waals surface area contributed by atoms with E-state index in [4.69, 9.17) is 5.11 Å². The van der Waals surface area contributed by atoms with E-state index in [2.05, 4.69) is 40.1 Å². The minimum atomic E-state index is -0.747. The monoisotopic (exact) mass is 316 g/mol. The highest BCUT2D eigenvalue weighted by Crippen LogP contribution is 2.25. The van der Waals surface area contributed by atoms with Crippen molar-refractivity contribution in [2.24, 2.45) is 0 Å². The number of aryl methyl sites for hydroxylation is 1. The molecule has 124 valence electrons. The van der Waals surface area contributed by atoms with Crippen molar-refractivity contribution < 1.29 is 9.90 Å². The number of rotatable bonds is 7. The second kappa shape index (κ2) is 6.68. The van der Waals surface area contributed by atoms with Crippen molar-refractivity contribution >= 4 is 11.6 Å². The highest BCUT2D eigenvalue weighted by Gasteiger charge is 2.33. The van der Waals surface area contributed by atoms with Crippen molar-refractivity contribution in [2.75, 3.05) is 13.1 Å². The number of aliphatic carboxylic acids is 1. The lowest BCUT2D eigenvalue weighted by Gasteiger charge is -2.42. The molecule has 0 aromatic carbocycles. The zero-order valence-electron chi connectivity index (χ0n) is 13.7. The Morgan fingerprint density at radius 1 is 1.43 bits per heavy atom. The molecule has 0 saturated heterocycles. The third-order valence-electron chi connectivity index (χ3n) is 4.59. The summed E-state index contributed by atoms with van der Waals surface area (Å²) in [6, 6.07) is 4.94. The maximum atomic E-state index is 10.8. The number of carbonyl (C=O) groups is 1. The number of aromatic nitrogens is 2. The first-order valence-electron chi connectivity index (χ1n) is 8.18. The second-order valence-corrected chi connectivity index (χ2v) is 6.36. The first kappa shape index (κ1) is 16.0. The summed E-state index contributed by atoms with van der Waals surface area (Å²) in [4.78, 5) is 17.5. The molecule has 2 N–H and O–H groups in total. The van der Waals surface area contributed by atoms with Gasteiger partial charge in [-0.25, -0.2) is 4.98 Å². The number of fused-ring (bicyclic) bond motifs is 1. The lowest BCUT2D eigenvalue weighted by molar-refractivity contribution is -0.139. The van der Waals surface area contributed by atoms with Gasteiger partial charge >= 0.3 is 5.97 Å². The first-order valence-corrected chi connectivity index (χ1v) is 8.18. The van der Waals surface area contributed by atoms with Crippen LogP contribution >= 0.6 is 0 Å². The summed E-state index contributed by atoms with van der Waals surface area (Å²) >= 11 is 0. The third-order valence-corrected chi connectivity index (χ3v) is 4.59. The van der Waals surface area contributed by atoms with Crippen molar-refractivity contribution in [3.05, 3.63) is 35.8 Å². The molecule has 1 saturated carbocycles. The summed E-state index contributed by atoms with van der Waals surface area (Å²) in [5.41, 5.74) is 3.23. The minimum absolute atomic E-state index is 0.139. The van der Waals surface area contributed by atoms with Crippen molar-refractivity contribution in [3.63, 3.8) is 0 Å². The Morgan fingerprint density at radius 3 is 2.91 bits per heavy atom. The number of nitrogens with zero attached hydrogens (tertiary/aromatic N) is 3. The van der Waals surface area contributed by atoms with Crippen LogP contribution in [0.15, 0.2) is 24.5 Å². The van der Waals surface area contributed by atoms with Crippen LogP contribution in [0.1, 0.15) is 31.0 Å². The maximum absolute atomic E-state index is 10.8. The number of likely N-dealkylation sites (N-methyl/N-ethyl adjacent to an activating group) is 1. The van der Waals surface area contributed by atoms with Crippen molar-refractivity contribution in [3.8, 4) is 0 Å². The molecular formula is C17H24N4O2. The summed E-state index contributed by atoms with van der Waals surface area (Å²) in [7, 11) is 0. The van der Waals surface area contributed by atoms with Gasteiger partial charge in [-0.3, -0.25) is 9.69 Å². The van der Waals surface area contributed by atoms with Crippen LogP contribution in [0.4, 0.5) is 0 Å². The van der Waals surface area contributed by atoms with Gasteiger partial charge in [-0.2, -0.15) is 0 Å². The van der Waals surface area contributed by atoms with Gasteiger partial charge in [0.25, 0.3) is 0 Å². The molecule has 0 amide bonds. The molecule has 0 unspecified atom stereocenters. The molecule has 0 radical (unpaired) electrons. The summed E-state index contributed by atoms with van der Waals surface area (Å²) in [6.45, 7) is 5.77. The first-order chi connectivity index (χ1) is 11.0. The highest BCUT2D eigenvalue weighted by molar-refractivity contribution is 5.69. The molecule has 2 heterocycles. The van der Waals surface area contributed by atoms with E-state index in [-0.39, 0.29) is 6.54 Å². The number of pyridine rings is 1. The molecular weight excluding hydrogens is 292 g/mol. The molecule has 1 fully saturated rings.